The first kappa shape index (κ1) is 23.5. The van der Waals surface area contributed by atoms with E-state index in [9.17, 15) is 4.79 Å². The van der Waals surface area contributed by atoms with Gasteiger partial charge in [-0.3, -0.25) is 9.48 Å². The molecule has 9 heteroatoms. The average Bonchev–Trinajstić information content (AvgIpc) is 3.45. The van der Waals surface area contributed by atoms with Crippen LogP contribution in [0.2, 0.25) is 5.02 Å². The predicted molar refractivity (Wildman–Crippen MR) is 135 cm³/mol. The second-order valence-electron chi connectivity index (χ2n) is 9.24. The van der Waals surface area contributed by atoms with Crippen LogP contribution >= 0.6 is 11.6 Å². The number of carbonyl (C=O) groups excluding carboxylic acids is 1. The number of amides is 1. The van der Waals surface area contributed by atoms with Crippen LogP contribution in [-0.2, 0) is 18.2 Å². The van der Waals surface area contributed by atoms with Crippen LogP contribution in [0.4, 0.5) is 0 Å². The molecule has 0 bridgehead atoms. The van der Waals surface area contributed by atoms with Crippen molar-refractivity contribution in [2.75, 3.05) is 6.61 Å². The molecule has 1 fully saturated rings. The highest BCUT2D eigenvalue weighted by atomic mass is 35.5. The van der Waals surface area contributed by atoms with Gasteiger partial charge in [0.15, 0.2) is 12.1 Å². The Kier molecular flexibility index (Phi) is 6.58. The van der Waals surface area contributed by atoms with Gasteiger partial charge in [0.1, 0.15) is 5.82 Å². The van der Waals surface area contributed by atoms with Gasteiger partial charge in [-0.05, 0) is 56.9 Å². The number of rotatable bonds is 6. The van der Waals surface area contributed by atoms with Crippen molar-refractivity contribution in [3.63, 3.8) is 0 Å². The lowest BCUT2D eigenvalue weighted by atomic mass is 10.1. The first-order chi connectivity index (χ1) is 16.9. The van der Waals surface area contributed by atoms with Crippen molar-refractivity contribution in [1.29, 1.82) is 0 Å². The van der Waals surface area contributed by atoms with E-state index in [0.717, 1.165) is 53.7 Å². The van der Waals surface area contributed by atoms with E-state index in [2.05, 4.69) is 21.6 Å². The lowest BCUT2D eigenvalue weighted by molar-refractivity contribution is -0.0366. The van der Waals surface area contributed by atoms with Gasteiger partial charge in [0.2, 0.25) is 0 Å². The summed E-state index contributed by atoms with van der Waals surface area (Å²) in [5, 5.41) is 13.6. The highest BCUT2D eigenvalue weighted by Gasteiger charge is 2.21. The Balaban J connectivity index is 1.36. The Hall–Kier alpha value is -3.23. The van der Waals surface area contributed by atoms with Gasteiger partial charge in [-0.2, -0.15) is 10.2 Å². The van der Waals surface area contributed by atoms with E-state index >= 15 is 0 Å². The summed E-state index contributed by atoms with van der Waals surface area (Å²) in [7, 11) is 1.88. The normalized spacial score (nSPS) is 16.2. The van der Waals surface area contributed by atoms with Crippen LogP contribution in [0.5, 0.6) is 0 Å². The van der Waals surface area contributed by atoms with Crippen LogP contribution in [0.1, 0.15) is 61.1 Å². The first-order valence-electron chi connectivity index (χ1n) is 12.0. The van der Waals surface area contributed by atoms with E-state index in [1.165, 1.54) is 0 Å². The van der Waals surface area contributed by atoms with Crippen LogP contribution in [0, 0.1) is 0 Å². The van der Waals surface area contributed by atoms with Gasteiger partial charge in [-0.15, -0.1) is 0 Å². The molecule has 1 saturated heterocycles. The Morgan fingerprint density at radius 3 is 2.71 bits per heavy atom. The molecule has 1 unspecified atom stereocenters. The molecule has 0 radical (unpaired) electrons. The van der Waals surface area contributed by atoms with E-state index in [1.54, 1.807) is 16.8 Å². The minimum Gasteiger partial charge on any atom is -0.356 e. The van der Waals surface area contributed by atoms with Crippen LogP contribution < -0.4 is 5.32 Å². The van der Waals surface area contributed by atoms with E-state index in [1.807, 2.05) is 50.0 Å². The summed E-state index contributed by atoms with van der Waals surface area (Å²) in [6.45, 7) is 4.64. The number of hydrogen-bond acceptors (Lipinski definition) is 5. The molecular weight excluding hydrogens is 464 g/mol. The fraction of sp³-hybridized carbons (Fsp3) is 0.385. The minimum absolute atomic E-state index is 0.0349. The monoisotopic (exact) mass is 492 g/mol. The van der Waals surface area contributed by atoms with Gasteiger partial charge in [-0.25, -0.2) is 9.67 Å². The molecule has 1 aliphatic rings. The van der Waals surface area contributed by atoms with Gasteiger partial charge < -0.3 is 10.1 Å². The molecule has 2 aromatic heterocycles. The molecule has 4 aromatic rings. The second-order valence-corrected chi connectivity index (χ2v) is 9.62. The number of ether oxygens (including phenoxy) is 1. The third-order valence-corrected chi connectivity index (χ3v) is 6.70. The van der Waals surface area contributed by atoms with Crippen molar-refractivity contribution < 1.29 is 9.53 Å². The molecule has 0 aliphatic carbocycles. The van der Waals surface area contributed by atoms with Crippen LogP contribution in [0.3, 0.4) is 0 Å². The molecule has 0 saturated carbocycles. The molecule has 1 aliphatic heterocycles. The number of nitrogens with one attached hydrogen (secondary N) is 1. The summed E-state index contributed by atoms with van der Waals surface area (Å²) >= 11 is 6.81. The predicted octanol–water partition coefficient (Wildman–Crippen LogP) is 4.91. The summed E-state index contributed by atoms with van der Waals surface area (Å²) in [5.41, 5.74) is 3.40. The van der Waals surface area contributed by atoms with E-state index in [4.69, 9.17) is 21.3 Å². The van der Waals surface area contributed by atoms with Crippen LogP contribution in [-0.4, -0.2) is 43.1 Å². The zero-order valence-corrected chi connectivity index (χ0v) is 20.9. The van der Waals surface area contributed by atoms with E-state index in [0.29, 0.717) is 22.8 Å². The van der Waals surface area contributed by atoms with Crippen LogP contribution in [0.15, 0.2) is 42.6 Å². The molecule has 5 rings (SSSR count). The average molecular weight is 493 g/mol. The maximum absolute atomic E-state index is 12.2. The summed E-state index contributed by atoms with van der Waals surface area (Å²) in [6.07, 6.45) is 5.52. The zero-order chi connectivity index (χ0) is 24.5. The molecule has 1 N–H and O–H groups in total. The largest absolute Gasteiger partial charge is 0.356 e. The molecular formula is C26H29ClN6O2. The van der Waals surface area contributed by atoms with Crippen molar-refractivity contribution in [1.82, 2.24) is 29.9 Å². The van der Waals surface area contributed by atoms with Crippen molar-refractivity contribution in [3.05, 3.63) is 64.6 Å². The fourth-order valence-electron chi connectivity index (χ4n) is 4.39. The molecule has 35 heavy (non-hydrogen) atoms. The summed E-state index contributed by atoms with van der Waals surface area (Å²) in [6, 6.07) is 11.5. The lowest BCUT2D eigenvalue weighted by Gasteiger charge is -2.23. The van der Waals surface area contributed by atoms with Crippen molar-refractivity contribution >= 4 is 28.4 Å². The number of hydrogen-bond donors (Lipinski definition) is 1. The van der Waals surface area contributed by atoms with Gasteiger partial charge in [0, 0.05) is 42.6 Å². The van der Waals surface area contributed by atoms with Crippen molar-refractivity contribution in [3.8, 4) is 11.4 Å². The molecule has 1 atom stereocenters. The number of halogens is 1. The Bertz CT molecular complexity index is 1350. The minimum atomic E-state index is -0.0929. The second kappa shape index (κ2) is 9.79. The molecule has 0 spiro atoms. The maximum Gasteiger partial charge on any atom is 0.251 e. The Labute approximate surface area is 209 Å². The standard InChI is InChI=1S/C26H29ClN6O2/c1-16(2)29-26(34)18-9-7-17(8-10-18)25-30-22(32(3)31-25)14-19-11-12-21-20(24(19)27)15-28-33(21)23-6-4-5-13-35-23/h7-12,15-16,23H,4-6,13-14H2,1-3H3,(H,29,34). The van der Waals surface area contributed by atoms with Gasteiger partial charge in [0.25, 0.3) is 5.91 Å². The van der Waals surface area contributed by atoms with Gasteiger partial charge >= 0.3 is 0 Å². The highest BCUT2D eigenvalue weighted by molar-refractivity contribution is 6.36. The molecule has 182 valence electrons. The van der Waals surface area contributed by atoms with Gasteiger partial charge in [0.05, 0.1) is 16.7 Å². The first-order valence-corrected chi connectivity index (χ1v) is 12.4. The Morgan fingerprint density at radius 2 is 2.00 bits per heavy atom. The Morgan fingerprint density at radius 1 is 1.20 bits per heavy atom. The highest BCUT2D eigenvalue weighted by Crippen LogP contribution is 2.32. The number of fused-ring (bicyclic) bond motifs is 1. The number of aromatic nitrogens is 5. The topological polar surface area (TPSA) is 86.9 Å². The molecule has 1 amide bonds. The third-order valence-electron chi connectivity index (χ3n) is 6.25. The van der Waals surface area contributed by atoms with Crippen molar-refractivity contribution in [2.24, 2.45) is 7.05 Å². The van der Waals surface area contributed by atoms with Crippen molar-refractivity contribution in [2.45, 2.75) is 51.8 Å². The number of carbonyl (C=O) groups is 1. The van der Waals surface area contributed by atoms with Crippen LogP contribution in [0.25, 0.3) is 22.3 Å². The number of nitrogens with zero attached hydrogens (tertiary/aromatic N) is 5. The van der Waals surface area contributed by atoms with E-state index < -0.39 is 0 Å². The zero-order valence-electron chi connectivity index (χ0n) is 20.2. The number of benzene rings is 2. The fourth-order valence-corrected chi connectivity index (χ4v) is 4.67. The quantitative estimate of drug-likeness (QED) is 0.413. The van der Waals surface area contributed by atoms with E-state index in [-0.39, 0.29) is 18.2 Å². The summed E-state index contributed by atoms with van der Waals surface area (Å²) in [4.78, 5) is 17.0. The van der Waals surface area contributed by atoms with Gasteiger partial charge in [-0.1, -0.05) is 29.8 Å². The summed E-state index contributed by atoms with van der Waals surface area (Å²) < 4.78 is 9.62. The molecule has 8 nitrogen and oxygen atoms in total. The summed E-state index contributed by atoms with van der Waals surface area (Å²) in [5.74, 6) is 1.31. The SMILES string of the molecule is CC(C)NC(=O)c1ccc(-c2nc(Cc3ccc4c(cnn4C4CCCCO4)c3Cl)n(C)n2)cc1. The third kappa shape index (κ3) is 4.81. The molecule has 3 heterocycles. The maximum atomic E-state index is 12.2. The lowest BCUT2D eigenvalue weighted by Crippen LogP contribution is -2.29. The smallest absolute Gasteiger partial charge is 0.251 e. The number of aryl methyl sites for hydroxylation is 1. The molecule has 2 aromatic carbocycles.